The summed E-state index contributed by atoms with van der Waals surface area (Å²) in [5, 5.41) is 3.48. The Kier molecular flexibility index (Phi) is 5.79. The molecule has 0 spiro atoms. The van der Waals surface area contributed by atoms with Crippen molar-refractivity contribution in [3.63, 3.8) is 0 Å². The molecule has 5 heteroatoms. The summed E-state index contributed by atoms with van der Waals surface area (Å²) in [6.45, 7) is 5.49. The predicted octanol–water partition coefficient (Wildman–Crippen LogP) is 2.31. The van der Waals surface area contributed by atoms with Gasteiger partial charge in [-0.3, -0.25) is 0 Å². The summed E-state index contributed by atoms with van der Waals surface area (Å²) in [4.78, 5) is 0.350. The SMILES string of the molecule is CC(C)CNS(=O)(=O)c1ccc(CCCNC2CC2)cc1. The van der Waals surface area contributed by atoms with Gasteiger partial charge in [0, 0.05) is 12.6 Å². The van der Waals surface area contributed by atoms with Crippen LogP contribution in [0.3, 0.4) is 0 Å². The highest BCUT2D eigenvalue weighted by molar-refractivity contribution is 7.89. The van der Waals surface area contributed by atoms with Gasteiger partial charge in [0.25, 0.3) is 0 Å². The molecule has 2 rings (SSSR count). The van der Waals surface area contributed by atoms with Crippen molar-refractivity contribution < 1.29 is 8.42 Å². The molecule has 1 aromatic carbocycles. The first-order valence-electron chi connectivity index (χ1n) is 7.79. The van der Waals surface area contributed by atoms with Gasteiger partial charge >= 0.3 is 0 Å². The van der Waals surface area contributed by atoms with Gasteiger partial charge in [0.1, 0.15) is 0 Å². The highest BCUT2D eigenvalue weighted by Crippen LogP contribution is 2.18. The Morgan fingerprint density at radius 1 is 1.19 bits per heavy atom. The van der Waals surface area contributed by atoms with Gasteiger partial charge in [-0.2, -0.15) is 0 Å². The van der Waals surface area contributed by atoms with E-state index in [9.17, 15) is 8.42 Å². The third kappa shape index (κ3) is 5.77. The molecule has 1 saturated carbocycles. The normalized spacial score (nSPS) is 15.6. The molecule has 1 aliphatic carbocycles. The first kappa shape index (κ1) is 16.5. The van der Waals surface area contributed by atoms with Crippen LogP contribution in [0.1, 0.15) is 38.7 Å². The van der Waals surface area contributed by atoms with Crippen LogP contribution in [0.15, 0.2) is 29.2 Å². The zero-order chi connectivity index (χ0) is 15.3. The summed E-state index contributed by atoms with van der Waals surface area (Å²) in [6, 6.07) is 7.99. The van der Waals surface area contributed by atoms with E-state index in [-0.39, 0.29) is 0 Å². The zero-order valence-electron chi connectivity index (χ0n) is 12.9. The number of sulfonamides is 1. The van der Waals surface area contributed by atoms with Crippen LogP contribution in [0.2, 0.25) is 0 Å². The van der Waals surface area contributed by atoms with E-state index in [2.05, 4.69) is 10.0 Å². The van der Waals surface area contributed by atoms with Crippen molar-refractivity contribution in [2.75, 3.05) is 13.1 Å². The van der Waals surface area contributed by atoms with Crippen molar-refractivity contribution in [3.8, 4) is 0 Å². The third-order valence-corrected chi connectivity index (χ3v) is 5.01. The minimum atomic E-state index is -3.36. The van der Waals surface area contributed by atoms with Crippen molar-refractivity contribution in [3.05, 3.63) is 29.8 Å². The molecule has 0 saturated heterocycles. The second-order valence-corrected chi connectivity index (χ2v) is 7.99. The molecule has 0 aliphatic heterocycles. The van der Waals surface area contributed by atoms with E-state index >= 15 is 0 Å². The molecule has 118 valence electrons. The quantitative estimate of drug-likeness (QED) is 0.688. The predicted molar refractivity (Wildman–Crippen MR) is 85.8 cm³/mol. The third-order valence-electron chi connectivity index (χ3n) is 3.57. The first-order chi connectivity index (χ1) is 9.97. The van der Waals surface area contributed by atoms with Gasteiger partial charge in [-0.1, -0.05) is 26.0 Å². The molecule has 1 aromatic rings. The standard InChI is InChI=1S/C16H26N2O2S/c1-13(2)12-18-21(19,20)16-9-5-14(6-10-16)4-3-11-17-15-7-8-15/h5-6,9-10,13,15,17-18H,3-4,7-8,11-12H2,1-2H3. The lowest BCUT2D eigenvalue weighted by molar-refractivity contribution is 0.560. The molecule has 0 amide bonds. The van der Waals surface area contributed by atoms with Crippen molar-refractivity contribution >= 4 is 10.0 Å². The van der Waals surface area contributed by atoms with Gasteiger partial charge < -0.3 is 5.32 Å². The van der Waals surface area contributed by atoms with Crippen LogP contribution in [0.4, 0.5) is 0 Å². The fourth-order valence-corrected chi connectivity index (χ4v) is 3.29. The lowest BCUT2D eigenvalue weighted by Crippen LogP contribution is -2.27. The maximum atomic E-state index is 12.1. The second kappa shape index (κ2) is 7.38. The number of aryl methyl sites for hydroxylation is 1. The molecule has 21 heavy (non-hydrogen) atoms. The molecule has 2 N–H and O–H groups in total. The van der Waals surface area contributed by atoms with Crippen molar-refractivity contribution in [2.24, 2.45) is 5.92 Å². The topological polar surface area (TPSA) is 58.2 Å². The van der Waals surface area contributed by atoms with Gasteiger partial charge in [-0.05, 0) is 55.8 Å². The maximum Gasteiger partial charge on any atom is 0.240 e. The van der Waals surface area contributed by atoms with Crippen molar-refractivity contribution in [1.29, 1.82) is 0 Å². The van der Waals surface area contributed by atoms with Crippen LogP contribution in [-0.2, 0) is 16.4 Å². The Morgan fingerprint density at radius 2 is 1.86 bits per heavy atom. The lowest BCUT2D eigenvalue weighted by Gasteiger charge is -2.09. The van der Waals surface area contributed by atoms with Crippen LogP contribution < -0.4 is 10.0 Å². The van der Waals surface area contributed by atoms with Gasteiger partial charge in [0.15, 0.2) is 0 Å². The van der Waals surface area contributed by atoms with Crippen molar-refractivity contribution in [1.82, 2.24) is 10.0 Å². The zero-order valence-corrected chi connectivity index (χ0v) is 13.7. The number of nitrogens with one attached hydrogen (secondary N) is 2. The number of hydrogen-bond acceptors (Lipinski definition) is 3. The second-order valence-electron chi connectivity index (χ2n) is 6.22. The number of benzene rings is 1. The molecular weight excluding hydrogens is 284 g/mol. The maximum absolute atomic E-state index is 12.1. The van der Waals surface area contributed by atoms with E-state index in [0.717, 1.165) is 25.4 Å². The molecule has 0 bridgehead atoms. The summed E-state index contributed by atoms with van der Waals surface area (Å²) in [6.07, 6.45) is 4.71. The van der Waals surface area contributed by atoms with Gasteiger partial charge in [-0.25, -0.2) is 13.1 Å². The average molecular weight is 310 g/mol. The number of hydrogen-bond donors (Lipinski definition) is 2. The Bertz CT molecular complexity index is 534. The Balaban J connectivity index is 1.82. The molecule has 0 unspecified atom stereocenters. The van der Waals surface area contributed by atoms with Crippen LogP contribution in [0, 0.1) is 5.92 Å². The van der Waals surface area contributed by atoms with Crippen LogP contribution in [0.25, 0.3) is 0 Å². The summed E-state index contributed by atoms with van der Waals surface area (Å²) >= 11 is 0. The van der Waals surface area contributed by atoms with Gasteiger partial charge in [-0.15, -0.1) is 0 Å². The van der Waals surface area contributed by atoms with Crippen LogP contribution in [0.5, 0.6) is 0 Å². The Hall–Kier alpha value is -0.910. The van der Waals surface area contributed by atoms with Crippen molar-refractivity contribution in [2.45, 2.75) is 50.5 Å². The molecule has 0 radical (unpaired) electrons. The van der Waals surface area contributed by atoms with E-state index in [1.165, 1.54) is 18.4 Å². The highest BCUT2D eigenvalue weighted by atomic mass is 32.2. The molecule has 1 aliphatic rings. The molecular formula is C16H26N2O2S. The monoisotopic (exact) mass is 310 g/mol. The fraction of sp³-hybridized carbons (Fsp3) is 0.625. The minimum absolute atomic E-state index is 0.304. The molecule has 1 fully saturated rings. The van der Waals surface area contributed by atoms with Crippen LogP contribution >= 0.6 is 0 Å². The minimum Gasteiger partial charge on any atom is -0.314 e. The summed E-state index contributed by atoms with van der Waals surface area (Å²) in [5.74, 6) is 0.304. The molecule has 0 atom stereocenters. The summed E-state index contributed by atoms with van der Waals surface area (Å²) in [7, 11) is -3.36. The molecule has 0 heterocycles. The van der Waals surface area contributed by atoms with E-state index < -0.39 is 10.0 Å². The smallest absolute Gasteiger partial charge is 0.240 e. The fourth-order valence-electron chi connectivity index (χ4n) is 2.08. The van der Waals surface area contributed by atoms with E-state index in [0.29, 0.717) is 17.4 Å². The highest BCUT2D eigenvalue weighted by Gasteiger charge is 2.19. The Labute approximate surface area is 128 Å². The van der Waals surface area contributed by atoms with Gasteiger partial charge in [0.05, 0.1) is 4.90 Å². The van der Waals surface area contributed by atoms with Crippen LogP contribution in [-0.4, -0.2) is 27.5 Å². The summed E-state index contributed by atoms with van der Waals surface area (Å²) in [5.41, 5.74) is 1.19. The van der Waals surface area contributed by atoms with E-state index in [4.69, 9.17) is 0 Å². The average Bonchev–Trinajstić information content (AvgIpc) is 3.26. The van der Waals surface area contributed by atoms with Gasteiger partial charge in [0.2, 0.25) is 10.0 Å². The molecule has 4 nitrogen and oxygen atoms in total. The lowest BCUT2D eigenvalue weighted by atomic mass is 10.1. The Morgan fingerprint density at radius 3 is 2.43 bits per heavy atom. The van der Waals surface area contributed by atoms with E-state index in [1.807, 2.05) is 26.0 Å². The number of rotatable bonds is 9. The van der Waals surface area contributed by atoms with E-state index in [1.54, 1.807) is 12.1 Å². The first-order valence-corrected chi connectivity index (χ1v) is 9.27. The largest absolute Gasteiger partial charge is 0.314 e. The molecule has 0 aromatic heterocycles. The summed E-state index contributed by atoms with van der Waals surface area (Å²) < 4.78 is 26.8.